The van der Waals surface area contributed by atoms with Crippen LogP contribution in [0.25, 0.3) is 22.3 Å². The molecule has 3 aromatic heterocycles. The average molecular weight is 596 g/mol. The van der Waals surface area contributed by atoms with Crippen molar-refractivity contribution in [3.63, 3.8) is 0 Å². The van der Waals surface area contributed by atoms with E-state index < -0.39 is 11.4 Å². The molecule has 1 amide bonds. The Hall–Kier alpha value is -4.06. The van der Waals surface area contributed by atoms with E-state index in [1.807, 2.05) is 31.4 Å². The summed E-state index contributed by atoms with van der Waals surface area (Å²) in [5.74, 6) is -0.381. The van der Waals surface area contributed by atoms with E-state index in [0.29, 0.717) is 46.4 Å². The normalized spacial score (nSPS) is 13.9. The standard InChI is InChI=1S/C27H27BrFN7O3/c1-15-7-10-31-25(34-15)38-19-6-5-17(13-18(19)29)36-22(20(28)21-23(36)24(30)33-14-32-21)16-8-11-35(12-9-16)26(37)39-27(2,3)4/h5-8,10,13-14H,9,11-12H2,1-4H3,(H2,30,32,33). The summed E-state index contributed by atoms with van der Waals surface area (Å²) in [6.07, 6.45) is 5.05. The van der Waals surface area contributed by atoms with Crippen LogP contribution in [0.1, 0.15) is 38.6 Å². The molecular formula is C27H27BrFN7O3. The Morgan fingerprint density at radius 3 is 2.64 bits per heavy atom. The topological polar surface area (TPSA) is 121 Å². The number of aryl methyl sites for hydroxylation is 1. The summed E-state index contributed by atoms with van der Waals surface area (Å²) in [5.41, 5.74) is 9.70. The lowest BCUT2D eigenvalue weighted by Gasteiger charge is -2.30. The number of carbonyl (C=O) groups is 1. The van der Waals surface area contributed by atoms with Gasteiger partial charge < -0.3 is 24.7 Å². The minimum Gasteiger partial charge on any atom is -0.444 e. The van der Waals surface area contributed by atoms with E-state index in [2.05, 4.69) is 35.9 Å². The molecule has 0 radical (unpaired) electrons. The first-order valence-electron chi connectivity index (χ1n) is 12.3. The van der Waals surface area contributed by atoms with Crippen molar-refractivity contribution in [2.75, 3.05) is 18.8 Å². The maximum Gasteiger partial charge on any atom is 0.410 e. The van der Waals surface area contributed by atoms with Crippen molar-refractivity contribution in [2.24, 2.45) is 0 Å². The molecule has 4 heterocycles. The van der Waals surface area contributed by atoms with E-state index in [0.717, 1.165) is 11.3 Å². The van der Waals surface area contributed by atoms with Crippen LogP contribution in [0.2, 0.25) is 0 Å². The monoisotopic (exact) mass is 595 g/mol. The zero-order valence-electron chi connectivity index (χ0n) is 21.9. The number of rotatable bonds is 4. The third-order valence-corrected chi connectivity index (χ3v) is 6.78. The van der Waals surface area contributed by atoms with Crippen LogP contribution in [-0.4, -0.2) is 54.2 Å². The summed E-state index contributed by atoms with van der Waals surface area (Å²) < 4.78 is 29.0. The Balaban J connectivity index is 1.55. The number of anilines is 1. The molecule has 0 bridgehead atoms. The van der Waals surface area contributed by atoms with E-state index in [4.69, 9.17) is 15.2 Å². The predicted molar refractivity (Wildman–Crippen MR) is 148 cm³/mol. The minimum absolute atomic E-state index is 0.0180. The molecule has 1 aliphatic heterocycles. The second-order valence-electron chi connectivity index (χ2n) is 10.1. The Bertz CT molecular complexity index is 1610. The van der Waals surface area contributed by atoms with Gasteiger partial charge in [0.15, 0.2) is 17.4 Å². The molecule has 0 atom stereocenters. The van der Waals surface area contributed by atoms with Gasteiger partial charge in [0, 0.05) is 36.7 Å². The molecule has 12 heteroatoms. The van der Waals surface area contributed by atoms with Gasteiger partial charge in [-0.1, -0.05) is 6.08 Å². The maximum absolute atomic E-state index is 15.3. The highest BCUT2D eigenvalue weighted by Crippen LogP contribution is 2.40. The van der Waals surface area contributed by atoms with Gasteiger partial charge in [-0.2, -0.15) is 0 Å². The summed E-state index contributed by atoms with van der Waals surface area (Å²) in [4.78, 5) is 31.0. The van der Waals surface area contributed by atoms with Crippen LogP contribution >= 0.6 is 15.9 Å². The molecule has 1 aromatic carbocycles. The van der Waals surface area contributed by atoms with Crippen molar-refractivity contribution in [2.45, 2.75) is 39.7 Å². The van der Waals surface area contributed by atoms with Gasteiger partial charge in [0.05, 0.1) is 10.2 Å². The zero-order chi connectivity index (χ0) is 27.9. The third kappa shape index (κ3) is 5.42. The second kappa shape index (κ2) is 10.3. The van der Waals surface area contributed by atoms with Crippen LogP contribution in [0.15, 0.2) is 47.3 Å². The lowest BCUT2D eigenvalue weighted by molar-refractivity contribution is 0.0270. The van der Waals surface area contributed by atoms with Crippen molar-refractivity contribution in [3.05, 3.63) is 64.5 Å². The van der Waals surface area contributed by atoms with Crippen LogP contribution in [-0.2, 0) is 4.74 Å². The summed E-state index contributed by atoms with van der Waals surface area (Å²) >= 11 is 3.69. The number of nitrogens with zero attached hydrogens (tertiary/aromatic N) is 6. The SMILES string of the molecule is Cc1ccnc(Oc2ccc(-n3c(C4=CCN(C(=O)OC(C)(C)C)CC4)c(Br)c4ncnc(N)c43)cc2F)n1. The molecule has 1 aliphatic rings. The number of fused-ring (bicyclic) bond motifs is 1. The fraction of sp³-hybridized carbons (Fsp3) is 0.296. The first kappa shape index (κ1) is 26.5. The fourth-order valence-electron chi connectivity index (χ4n) is 4.30. The first-order chi connectivity index (χ1) is 18.5. The molecule has 0 fully saturated rings. The molecule has 10 nitrogen and oxygen atoms in total. The van der Waals surface area contributed by atoms with Gasteiger partial charge in [0.25, 0.3) is 0 Å². The molecule has 0 unspecified atom stereocenters. The highest BCUT2D eigenvalue weighted by molar-refractivity contribution is 9.10. The number of benzene rings is 1. The van der Waals surface area contributed by atoms with Gasteiger partial charge in [-0.15, -0.1) is 0 Å². The Morgan fingerprint density at radius 2 is 1.97 bits per heavy atom. The number of carbonyl (C=O) groups excluding carboxylic acids is 1. The molecule has 202 valence electrons. The second-order valence-corrected chi connectivity index (χ2v) is 10.9. The smallest absolute Gasteiger partial charge is 0.410 e. The van der Waals surface area contributed by atoms with Gasteiger partial charge in [-0.25, -0.2) is 29.1 Å². The number of aromatic nitrogens is 5. The number of amides is 1. The van der Waals surface area contributed by atoms with Crippen LogP contribution < -0.4 is 10.5 Å². The number of hydrogen-bond acceptors (Lipinski definition) is 8. The molecule has 39 heavy (non-hydrogen) atoms. The van der Waals surface area contributed by atoms with E-state index in [1.165, 1.54) is 18.5 Å². The quantitative estimate of drug-likeness (QED) is 0.313. The third-order valence-electron chi connectivity index (χ3n) is 6.03. The molecule has 0 saturated carbocycles. The average Bonchev–Trinajstić information content (AvgIpc) is 3.18. The number of hydrogen-bond donors (Lipinski definition) is 1. The number of nitrogen functional groups attached to an aromatic ring is 1. The van der Waals surface area contributed by atoms with Crippen molar-refractivity contribution >= 4 is 44.4 Å². The molecule has 4 aromatic rings. The Kier molecular flexibility index (Phi) is 6.98. The van der Waals surface area contributed by atoms with Gasteiger partial charge in [-0.05, 0) is 73.8 Å². The number of ether oxygens (including phenoxy) is 2. The van der Waals surface area contributed by atoms with Gasteiger partial charge >= 0.3 is 12.1 Å². The van der Waals surface area contributed by atoms with Crippen molar-refractivity contribution < 1.29 is 18.7 Å². The maximum atomic E-state index is 15.3. The van der Waals surface area contributed by atoms with Crippen LogP contribution in [0.4, 0.5) is 15.0 Å². The summed E-state index contributed by atoms with van der Waals surface area (Å²) in [7, 11) is 0. The fourth-order valence-corrected chi connectivity index (χ4v) is 5.02. The Morgan fingerprint density at radius 1 is 1.18 bits per heavy atom. The van der Waals surface area contributed by atoms with E-state index in [1.54, 1.807) is 30.2 Å². The first-order valence-corrected chi connectivity index (χ1v) is 13.1. The highest BCUT2D eigenvalue weighted by atomic mass is 79.9. The summed E-state index contributed by atoms with van der Waals surface area (Å²) in [6, 6.07) is 6.35. The molecule has 5 rings (SSSR count). The molecule has 0 spiro atoms. The van der Waals surface area contributed by atoms with Gasteiger partial charge in [0.2, 0.25) is 0 Å². The van der Waals surface area contributed by atoms with Gasteiger partial charge in [0.1, 0.15) is 23.0 Å². The minimum atomic E-state index is -0.606. The lowest BCUT2D eigenvalue weighted by atomic mass is 10.0. The van der Waals surface area contributed by atoms with Gasteiger partial charge in [-0.3, -0.25) is 0 Å². The van der Waals surface area contributed by atoms with E-state index >= 15 is 4.39 Å². The molecule has 2 N–H and O–H groups in total. The summed E-state index contributed by atoms with van der Waals surface area (Å²) in [5, 5.41) is 0. The molecular weight excluding hydrogens is 569 g/mol. The highest BCUT2D eigenvalue weighted by Gasteiger charge is 2.28. The van der Waals surface area contributed by atoms with Crippen LogP contribution in [0, 0.1) is 12.7 Å². The zero-order valence-corrected chi connectivity index (χ0v) is 23.5. The Labute approximate surface area is 232 Å². The van der Waals surface area contributed by atoms with Crippen molar-refractivity contribution in [1.29, 1.82) is 0 Å². The lowest BCUT2D eigenvalue weighted by Crippen LogP contribution is -2.39. The largest absolute Gasteiger partial charge is 0.444 e. The van der Waals surface area contributed by atoms with Crippen molar-refractivity contribution in [1.82, 2.24) is 29.4 Å². The number of halogens is 2. The van der Waals surface area contributed by atoms with Crippen LogP contribution in [0.3, 0.4) is 0 Å². The van der Waals surface area contributed by atoms with E-state index in [9.17, 15) is 4.79 Å². The molecule has 0 aliphatic carbocycles. The van der Waals surface area contributed by atoms with Crippen LogP contribution in [0.5, 0.6) is 11.8 Å². The predicted octanol–water partition coefficient (Wildman–Crippen LogP) is 5.82. The van der Waals surface area contributed by atoms with E-state index in [-0.39, 0.29) is 23.7 Å². The molecule has 0 saturated heterocycles. The van der Waals surface area contributed by atoms with Crippen molar-refractivity contribution in [3.8, 4) is 17.4 Å². The summed E-state index contributed by atoms with van der Waals surface area (Å²) in [6.45, 7) is 8.11. The number of nitrogens with two attached hydrogens (primary N) is 1.